The zero-order valence-electron chi connectivity index (χ0n) is 14.2. The fourth-order valence-corrected chi connectivity index (χ4v) is 2.66. The van der Waals surface area contributed by atoms with Gasteiger partial charge in [0.1, 0.15) is 6.54 Å². The van der Waals surface area contributed by atoms with Crippen molar-refractivity contribution >= 4 is 23.5 Å². The summed E-state index contributed by atoms with van der Waals surface area (Å²) in [5.41, 5.74) is 3.27. The predicted molar refractivity (Wildman–Crippen MR) is 93.8 cm³/mol. The number of aromatic nitrogens is 1. The molecule has 0 fully saturated rings. The molecule has 2 aromatic rings. The summed E-state index contributed by atoms with van der Waals surface area (Å²) in [7, 11) is 0. The van der Waals surface area contributed by atoms with E-state index in [1.807, 2.05) is 36.6 Å². The van der Waals surface area contributed by atoms with Crippen molar-refractivity contribution in [3.05, 3.63) is 52.3 Å². The Morgan fingerprint density at radius 1 is 1.17 bits per heavy atom. The fourth-order valence-electron chi connectivity index (χ4n) is 2.45. The molecule has 0 spiro atoms. The summed E-state index contributed by atoms with van der Waals surface area (Å²) < 4.78 is 7.02. The van der Waals surface area contributed by atoms with Crippen molar-refractivity contribution < 1.29 is 14.3 Å². The first-order chi connectivity index (χ1) is 11.3. The Morgan fingerprint density at radius 2 is 1.79 bits per heavy atom. The molecule has 0 saturated heterocycles. The van der Waals surface area contributed by atoms with E-state index in [9.17, 15) is 9.59 Å². The van der Waals surface area contributed by atoms with E-state index in [1.165, 1.54) is 0 Å². The SMILES string of the molecule is Cc1ccc(C)n1-c1ccc(Cl)c(C(=O)NCC(=O)OC(C)C)c1. The molecule has 128 valence electrons. The predicted octanol–water partition coefficient (Wildman–Crippen LogP) is 3.43. The molecule has 1 aromatic carbocycles. The van der Waals surface area contributed by atoms with E-state index in [4.69, 9.17) is 16.3 Å². The third-order valence-electron chi connectivity index (χ3n) is 3.48. The molecule has 5 nitrogen and oxygen atoms in total. The Kier molecular flexibility index (Phi) is 5.67. The second kappa shape index (κ2) is 7.53. The highest BCUT2D eigenvalue weighted by Crippen LogP contribution is 2.23. The Hall–Kier alpha value is -2.27. The van der Waals surface area contributed by atoms with Crippen LogP contribution in [0.5, 0.6) is 0 Å². The van der Waals surface area contributed by atoms with Gasteiger partial charge in [0, 0.05) is 17.1 Å². The lowest BCUT2D eigenvalue weighted by Gasteiger charge is -2.13. The molecule has 0 atom stereocenters. The first-order valence-corrected chi connectivity index (χ1v) is 8.10. The molecule has 1 amide bonds. The maximum absolute atomic E-state index is 12.3. The molecule has 0 unspecified atom stereocenters. The molecule has 0 bridgehead atoms. The number of nitrogens with zero attached hydrogens (tertiary/aromatic N) is 1. The summed E-state index contributed by atoms with van der Waals surface area (Å²) in [6.07, 6.45) is -0.221. The molecule has 0 aliphatic heterocycles. The first kappa shape index (κ1) is 18.1. The van der Waals surface area contributed by atoms with Gasteiger partial charge in [-0.2, -0.15) is 0 Å². The van der Waals surface area contributed by atoms with Gasteiger partial charge < -0.3 is 14.6 Å². The number of benzene rings is 1. The van der Waals surface area contributed by atoms with Crippen LogP contribution in [0.4, 0.5) is 0 Å². The minimum atomic E-state index is -0.484. The molecule has 0 aliphatic rings. The van der Waals surface area contributed by atoms with E-state index in [0.29, 0.717) is 10.6 Å². The minimum absolute atomic E-state index is 0.195. The minimum Gasteiger partial charge on any atom is -0.462 e. The van der Waals surface area contributed by atoms with E-state index in [1.54, 1.807) is 26.0 Å². The Labute approximate surface area is 146 Å². The first-order valence-electron chi connectivity index (χ1n) is 7.72. The van der Waals surface area contributed by atoms with E-state index in [0.717, 1.165) is 17.1 Å². The van der Waals surface area contributed by atoms with Crippen LogP contribution in [0.2, 0.25) is 5.02 Å². The standard InChI is InChI=1S/C18H21ClN2O3/c1-11(2)24-17(22)10-20-18(23)15-9-14(7-8-16(15)19)21-12(3)5-6-13(21)4/h5-9,11H,10H2,1-4H3,(H,20,23). The van der Waals surface area contributed by atoms with Crippen LogP contribution in [-0.4, -0.2) is 29.1 Å². The van der Waals surface area contributed by atoms with Crippen LogP contribution in [0.3, 0.4) is 0 Å². The van der Waals surface area contributed by atoms with Gasteiger partial charge in [-0.1, -0.05) is 11.6 Å². The van der Waals surface area contributed by atoms with E-state index < -0.39 is 11.9 Å². The number of nitrogens with one attached hydrogen (secondary N) is 1. The highest BCUT2D eigenvalue weighted by Gasteiger charge is 2.15. The van der Waals surface area contributed by atoms with Crippen molar-refractivity contribution in [2.24, 2.45) is 0 Å². The van der Waals surface area contributed by atoms with Gasteiger partial charge in [0.2, 0.25) is 0 Å². The molecule has 0 radical (unpaired) electrons. The van der Waals surface area contributed by atoms with Crippen LogP contribution < -0.4 is 5.32 Å². The van der Waals surface area contributed by atoms with Crippen LogP contribution in [0, 0.1) is 13.8 Å². The number of esters is 1. The van der Waals surface area contributed by atoms with Crippen molar-refractivity contribution in [2.75, 3.05) is 6.54 Å². The molecule has 1 N–H and O–H groups in total. The lowest BCUT2D eigenvalue weighted by atomic mass is 10.1. The lowest BCUT2D eigenvalue weighted by molar-refractivity contribution is -0.146. The molecule has 0 aliphatic carbocycles. The normalized spacial score (nSPS) is 10.8. The molecular formula is C18H21ClN2O3. The number of ether oxygens (including phenoxy) is 1. The van der Waals surface area contributed by atoms with Crippen LogP contribution >= 0.6 is 11.6 Å². The lowest BCUT2D eigenvalue weighted by Crippen LogP contribution is -2.32. The molecule has 1 heterocycles. The molecule has 2 rings (SSSR count). The van der Waals surface area contributed by atoms with Crippen LogP contribution in [-0.2, 0) is 9.53 Å². The highest BCUT2D eigenvalue weighted by molar-refractivity contribution is 6.34. The number of aryl methyl sites for hydroxylation is 2. The maximum atomic E-state index is 12.3. The second-order valence-corrected chi connectivity index (χ2v) is 6.24. The maximum Gasteiger partial charge on any atom is 0.325 e. The summed E-state index contributed by atoms with van der Waals surface area (Å²) in [6, 6.07) is 9.26. The average Bonchev–Trinajstić information content (AvgIpc) is 2.84. The van der Waals surface area contributed by atoms with Gasteiger partial charge in [-0.25, -0.2) is 0 Å². The number of amides is 1. The largest absolute Gasteiger partial charge is 0.462 e. The summed E-state index contributed by atoms with van der Waals surface area (Å²) in [5, 5.41) is 2.87. The number of halogens is 1. The number of rotatable bonds is 5. The number of carbonyl (C=O) groups is 2. The van der Waals surface area contributed by atoms with Crippen molar-refractivity contribution in [1.82, 2.24) is 9.88 Å². The van der Waals surface area contributed by atoms with Gasteiger partial charge in [-0.3, -0.25) is 9.59 Å². The van der Waals surface area contributed by atoms with Crippen LogP contribution in [0.25, 0.3) is 5.69 Å². The summed E-state index contributed by atoms with van der Waals surface area (Å²) in [6.45, 7) is 7.29. The topological polar surface area (TPSA) is 60.3 Å². The quantitative estimate of drug-likeness (QED) is 0.842. The zero-order valence-corrected chi connectivity index (χ0v) is 15.0. The van der Waals surface area contributed by atoms with Crippen LogP contribution in [0.15, 0.2) is 30.3 Å². The zero-order chi connectivity index (χ0) is 17.9. The van der Waals surface area contributed by atoms with Gasteiger partial charge in [-0.05, 0) is 58.0 Å². The van der Waals surface area contributed by atoms with Crippen molar-refractivity contribution in [3.8, 4) is 5.69 Å². The molecule has 1 aromatic heterocycles. The van der Waals surface area contributed by atoms with Gasteiger partial charge in [0.15, 0.2) is 0 Å². The van der Waals surface area contributed by atoms with Crippen molar-refractivity contribution in [2.45, 2.75) is 33.8 Å². The number of hydrogen-bond acceptors (Lipinski definition) is 3. The monoisotopic (exact) mass is 348 g/mol. The van der Waals surface area contributed by atoms with Crippen LogP contribution in [0.1, 0.15) is 35.6 Å². The Bertz CT molecular complexity index is 746. The van der Waals surface area contributed by atoms with Gasteiger partial charge >= 0.3 is 5.97 Å². The second-order valence-electron chi connectivity index (χ2n) is 5.84. The Balaban J connectivity index is 2.20. The third-order valence-corrected chi connectivity index (χ3v) is 3.81. The fraction of sp³-hybridized carbons (Fsp3) is 0.333. The number of carbonyl (C=O) groups excluding carboxylic acids is 2. The van der Waals surface area contributed by atoms with Gasteiger partial charge in [0.05, 0.1) is 16.7 Å². The highest BCUT2D eigenvalue weighted by atomic mass is 35.5. The van der Waals surface area contributed by atoms with Gasteiger partial charge in [-0.15, -0.1) is 0 Å². The van der Waals surface area contributed by atoms with E-state index >= 15 is 0 Å². The van der Waals surface area contributed by atoms with E-state index in [2.05, 4.69) is 5.32 Å². The summed E-state index contributed by atoms with van der Waals surface area (Å²) in [4.78, 5) is 23.9. The van der Waals surface area contributed by atoms with Crippen molar-refractivity contribution in [1.29, 1.82) is 0 Å². The van der Waals surface area contributed by atoms with Crippen molar-refractivity contribution in [3.63, 3.8) is 0 Å². The third kappa shape index (κ3) is 4.17. The number of hydrogen-bond donors (Lipinski definition) is 1. The molecular weight excluding hydrogens is 328 g/mol. The molecule has 24 heavy (non-hydrogen) atoms. The Morgan fingerprint density at radius 3 is 2.38 bits per heavy atom. The summed E-state index contributed by atoms with van der Waals surface area (Å²) in [5.74, 6) is -0.896. The van der Waals surface area contributed by atoms with Gasteiger partial charge in [0.25, 0.3) is 5.91 Å². The van der Waals surface area contributed by atoms with E-state index in [-0.39, 0.29) is 12.6 Å². The molecule has 6 heteroatoms. The average molecular weight is 349 g/mol. The summed E-state index contributed by atoms with van der Waals surface area (Å²) >= 11 is 6.15. The molecule has 0 saturated carbocycles. The smallest absolute Gasteiger partial charge is 0.325 e.